The molecule has 2 aromatic heterocycles. The number of nitrogens with one attached hydrogen (secondary N) is 2. The van der Waals surface area contributed by atoms with Crippen LogP contribution in [0, 0.1) is 0 Å². The Bertz CT molecular complexity index is 1700. The minimum absolute atomic E-state index is 0.0612. The Kier molecular flexibility index (Phi) is 11.0. The Morgan fingerprint density at radius 2 is 1.71 bits per heavy atom. The predicted molar refractivity (Wildman–Crippen MR) is 166 cm³/mol. The van der Waals surface area contributed by atoms with Crippen LogP contribution in [0.4, 0.5) is 10.2 Å². The molecule has 14 nitrogen and oxygen atoms in total. The second kappa shape index (κ2) is 14.7. The zero-order chi connectivity index (χ0) is 32.7. The number of benzene rings is 2. The maximum absolute atomic E-state index is 15.2. The molecule has 6 N–H and O–H groups in total. The lowest BCUT2D eigenvalue weighted by Gasteiger charge is -2.16. The molecule has 2 unspecified atom stereocenters. The third-order valence-electron chi connectivity index (χ3n) is 7.24. The number of aromatic hydroxyl groups is 1. The predicted octanol–water partition coefficient (Wildman–Crippen LogP) is 1.99. The van der Waals surface area contributed by atoms with Crippen LogP contribution in [-0.2, 0) is 14.9 Å². The molecule has 4 atom stereocenters. The zero-order valence-corrected chi connectivity index (χ0v) is 25.9. The fraction of sp³-hybridized carbons (Fsp3) is 0.379. The molecule has 3 heterocycles. The first-order chi connectivity index (χ1) is 21.5. The first kappa shape index (κ1) is 33.7. The number of carbonyl (C=O) groups excluding carboxylic acids is 1. The second-order valence-electron chi connectivity index (χ2n) is 10.0. The molecule has 1 fully saturated rings. The maximum atomic E-state index is 15.2. The molecule has 0 spiro atoms. The van der Waals surface area contributed by atoms with E-state index in [1.165, 1.54) is 54.8 Å². The summed E-state index contributed by atoms with van der Waals surface area (Å²) >= 11 is 0. The number of phenolic OH excluding ortho intramolecular Hbond substituents is 1. The van der Waals surface area contributed by atoms with Crippen molar-refractivity contribution in [2.45, 2.75) is 45.4 Å². The van der Waals surface area contributed by atoms with Crippen LogP contribution in [0.25, 0.3) is 22.6 Å². The van der Waals surface area contributed by atoms with Crippen molar-refractivity contribution >= 4 is 33.1 Å². The molecule has 1 aliphatic rings. The van der Waals surface area contributed by atoms with Crippen LogP contribution in [-0.4, -0.2) is 93.5 Å². The first-order valence-electron chi connectivity index (χ1n) is 14.3. The Balaban J connectivity index is 0.000000591. The number of nitrogens with two attached hydrogens (primary N) is 1. The van der Waals surface area contributed by atoms with Gasteiger partial charge in [-0.25, -0.2) is 24.1 Å². The number of aromatic nitrogens is 4. The number of aliphatic hydroxyl groups excluding tert-OH is 1. The lowest BCUT2D eigenvalue weighted by molar-refractivity contribution is -0.0195. The summed E-state index contributed by atoms with van der Waals surface area (Å²) in [6.45, 7) is 9.56. The fourth-order valence-corrected chi connectivity index (χ4v) is 5.49. The van der Waals surface area contributed by atoms with Crippen LogP contribution in [0.5, 0.6) is 5.75 Å². The van der Waals surface area contributed by atoms with E-state index in [2.05, 4.69) is 45.3 Å². The second-order valence-corrected chi connectivity index (χ2v) is 11.5. The number of alkyl halides is 1. The minimum atomic E-state index is -4.45. The van der Waals surface area contributed by atoms with Crippen molar-refractivity contribution in [3.63, 3.8) is 0 Å². The number of ether oxygens (including phenoxy) is 1. The number of hydrogen-bond donors (Lipinski definition) is 5. The SMILES string of the molecule is CCN(CC)CC.Nc1nc(-c2ccccc2)nc2c1ncn2[C@@H]1O[C@H](CNS(=O)(=O)NC(=O)c2ccccc2O)C(O)C1F. The van der Waals surface area contributed by atoms with Gasteiger partial charge in [-0.05, 0) is 31.8 Å². The number of phenols is 1. The van der Waals surface area contributed by atoms with Gasteiger partial charge in [-0.15, -0.1) is 0 Å². The number of imidazole rings is 1. The Morgan fingerprint density at radius 1 is 1.07 bits per heavy atom. The smallest absolute Gasteiger partial charge is 0.301 e. The van der Waals surface area contributed by atoms with E-state index in [0.29, 0.717) is 5.56 Å². The molecule has 45 heavy (non-hydrogen) atoms. The average Bonchev–Trinajstić information content (AvgIpc) is 3.58. The number of halogens is 1. The molecule has 4 aromatic rings. The molecule has 1 amide bonds. The minimum Gasteiger partial charge on any atom is -0.507 e. The van der Waals surface area contributed by atoms with Gasteiger partial charge in [0.05, 0.1) is 11.9 Å². The molecule has 0 radical (unpaired) electrons. The van der Waals surface area contributed by atoms with E-state index >= 15 is 4.39 Å². The normalized spacial score (nSPS) is 19.8. The number of amides is 1. The number of aliphatic hydroxyl groups is 1. The van der Waals surface area contributed by atoms with Crippen molar-refractivity contribution < 1.29 is 32.6 Å². The van der Waals surface area contributed by atoms with Crippen LogP contribution < -0.4 is 15.2 Å². The summed E-state index contributed by atoms with van der Waals surface area (Å²) in [6, 6.07) is 14.3. The number of rotatable bonds is 10. The third-order valence-corrected chi connectivity index (χ3v) is 8.24. The number of carbonyl (C=O) groups is 1. The lowest BCUT2D eigenvalue weighted by atomic mass is 10.1. The van der Waals surface area contributed by atoms with Gasteiger partial charge >= 0.3 is 10.2 Å². The summed E-state index contributed by atoms with van der Waals surface area (Å²) in [5.41, 5.74) is 6.81. The van der Waals surface area contributed by atoms with Crippen molar-refractivity contribution in [3.05, 3.63) is 66.5 Å². The summed E-state index contributed by atoms with van der Waals surface area (Å²) in [5, 5.41) is 20.2. The highest BCUT2D eigenvalue weighted by Gasteiger charge is 2.46. The molecule has 2 aromatic carbocycles. The highest BCUT2D eigenvalue weighted by molar-refractivity contribution is 7.88. The summed E-state index contributed by atoms with van der Waals surface area (Å²) in [6.07, 6.45) is -5.18. The van der Waals surface area contributed by atoms with Gasteiger partial charge in [-0.2, -0.15) is 13.1 Å². The van der Waals surface area contributed by atoms with Gasteiger partial charge < -0.3 is 25.6 Å². The molecule has 0 bridgehead atoms. The molecular formula is C29H37FN8O6S. The quantitative estimate of drug-likeness (QED) is 0.169. The summed E-state index contributed by atoms with van der Waals surface area (Å²) in [5.74, 6) is -1.16. The lowest BCUT2D eigenvalue weighted by Crippen LogP contribution is -2.45. The van der Waals surface area contributed by atoms with Crippen LogP contribution >= 0.6 is 0 Å². The topological polar surface area (TPSA) is 198 Å². The van der Waals surface area contributed by atoms with Crippen molar-refractivity contribution in [3.8, 4) is 17.1 Å². The molecule has 16 heteroatoms. The molecule has 242 valence electrons. The number of nitrogens with zero attached hydrogens (tertiary/aromatic N) is 5. The number of hydrogen-bond acceptors (Lipinski definition) is 11. The number of nitrogen functional groups attached to an aromatic ring is 1. The van der Waals surface area contributed by atoms with E-state index in [0.717, 1.165) is 0 Å². The number of para-hydroxylation sites is 1. The zero-order valence-electron chi connectivity index (χ0n) is 25.0. The van der Waals surface area contributed by atoms with E-state index < -0.39 is 53.0 Å². The van der Waals surface area contributed by atoms with Crippen molar-refractivity contribution in [2.24, 2.45) is 0 Å². The van der Waals surface area contributed by atoms with Crippen LogP contribution in [0.2, 0.25) is 0 Å². The third kappa shape index (κ3) is 7.90. The Morgan fingerprint density at radius 3 is 2.33 bits per heavy atom. The Hall–Kier alpha value is -4.22. The van der Waals surface area contributed by atoms with Crippen LogP contribution in [0.15, 0.2) is 60.9 Å². The molecule has 5 rings (SSSR count). The molecular weight excluding hydrogens is 607 g/mol. The standard InChI is InChI=1S/C23H22FN7O6S.C6H15N/c24-16-18(33)15(10-27-38(35,36)30-22(34)13-8-4-5-9-14(13)32)37-23(16)31-11-26-17-19(25)28-20(29-21(17)31)12-6-2-1-3-7-12;1-4-7(5-2)6-3/h1-9,11,15-16,18,23,27,32-33H,10H2,(H,30,34)(H2,25,28,29);4-6H2,1-3H3/t15-,16?,18?,23-;/m1./s1. The fourth-order valence-electron chi connectivity index (χ4n) is 4.68. The van der Waals surface area contributed by atoms with Gasteiger partial charge in [0, 0.05) is 12.1 Å². The molecule has 1 saturated heterocycles. The van der Waals surface area contributed by atoms with Crippen molar-refractivity contribution in [1.82, 2.24) is 33.9 Å². The van der Waals surface area contributed by atoms with Gasteiger partial charge in [-0.1, -0.05) is 63.2 Å². The first-order valence-corrected chi connectivity index (χ1v) is 15.8. The van der Waals surface area contributed by atoms with Crippen molar-refractivity contribution in [2.75, 3.05) is 31.9 Å². The van der Waals surface area contributed by atoms with E-state index in [9.17, 15) is 23.4 Å². The number of fused-ring (bicyclic) bond motifs is 1. The molecule has 1 aliphatic heterocycles. The van der Waals surface area contributed by atoms with Crippen LogP contribution in [0.3, 0.4) is 0 Å². The summed E-state index contributed by atoms with van der Waals surface area (Å²) < 4.78 is 50.6. The highest BCUT2D eigenvalue weighted by Crippen LogP contribution is 2.34. The highest BCUT2D eigenvalue weighted by atomic mass is 32.2. The largest absolute Gasteiger partial charge is 0.507 e. The van der Waals surface area contributed by atoms with Gasteiger partial charge in [0.15, 0.2) is 29.7 Å². The molecule has 0 aliphatic carbocycles. The van der Waals surface area contributed by atoms with Gasteiger partial charge in [0.2, 0.25) is 0 Å². The van der Waals surface area contributed by atoms with E-state index in [4.69, 9.17) is 10.5 Å². The van der Waals surface area contributed by atoms with Gasteiger partial charge in [0.1, 0.15) is 23.5 Å². The van der Waals surface area contributed by atoms with E-state index in [1.54, 1.807) is 29.0 Å². The van der Waals surface area contributed by atoms with Gasteiger partial charge in [-0.3, -0.25) is 9.36 Å². The Labute approximate surface area is 260 Å². The average molecular weight is 645 g/mol. The van der Waals surface area contributed by atoms with Crippen molar-refractivity contribution in [1.29, 1.82) is 0 Å². The van der Waals surface area contributed by atoms with E-state index in [1.807, 2.05) is 6.07 Å². The summed E-state index contributed by atoms with van der Waals surface area (Å²) in [4.78, 5) is 27.4. The summed E-state index contributed by atoms with van der Waals surface area (Å²) in [7, 11) is -4.45. The number of anilines is 1. The van der Waals surface area contributed by atoms with Crippen LogP contribution in [0.1, 0.15) is 37.4 Å². The monoisotopic (exact) mass is 644 g/mol. The van der Waals surface area contributed by atoms with Gasteiger partial charge in [0.25, 0.3) is 5.91 Å². The van der Waals surface area contributed by atoms with E-state index in [-0.39, 0.29) is 28.4 Å². The maximum Gasteiger partial charge on any atom is 0.301 e. The molecule has 0 saturated carbocycles.